The zero-order valence-electron chi connectivity index (χ0n) is 17.4. The molecule has 5 heteroatoms. The van der Waals surface area contributed by atoms with Crippen molar-refractivity contribution in [3.63, 3.8) is 0 Å². The van der Waals surface area contributed by atoms with Crippen LogP contribution in [0.3, 0.4) is 0 Å². The average molecular weight is 541 g/mol. The monoisotopic (exact) mass is 543 g/mol. The summed E-state index contributed by atoms with van der Waals surface area (Å²) in [6.07, 6.45) is 0. The summed E-state index contributed by atoms with van der Waals surface area (Å²) in [5.41, 5.74) is 2.58. The molecule has 3 aromatic rings. The predicted octanol–water partition coefficient (Wildman–Crippen LogP) is 3.55. The second-order valence-electron chi connectivity index (χ2n) is 6.53. The molecule has 0 radical (unpaired) electrons. The molecule has 0 saturated carbocycles. The SMILES string of the molecule is CCOC(=O)/C(=C/[Se]c1ccccc1)C(C[Se]c1ccccc1)=NCc1ccccc1. The molecule has 0 spiro atoms. The number of carbonyl (C=O) groups is 1. The first-order valence-corrected chi connectivity index (χ1v) is 14.0. The van der Waals surface area contributed by atoms with E-state index in [0.717, 1.165) is 16.6 Å². The molecule has 0 saturated heterocycles. The average Bonchev–Trinajstić information content (AvgIpc) is 2.82. The van der Waals surface area contributed by atoms with Gasteiger partial charge in [-0.1, -0.05) is 0 Å². The molecule has 0 aromatic heterocycles. The Hall–Kier alpha value is -2.42. The van der Waals surface area contributed by atoms with Crippen molar-refractivity contribution >= 4 is 50.5 Å². The van der Waals surface area contributed by atoms with Gasteiger partial charge in [0.1, 0.15) is 0 Å². The Morgan fingerprint density at radius 2 is 1.45 bits per heavy atom. The molecule has 0 heterocycles. The predicted molar refractivity (Wildman–Crippen MR) is 131 cm³/mol. The van der Waals surface area contributed by atoms with Gasteiger partial charge in [-0.2, -0.15) is 0 Å². The maximum atomic E-state index is 12.9. The molecule has 0 unspecified atom stereocenters. The van der Waals surface area contributed by atoms with Crippen molar-refractivity contribution in [2.45, 2.75) is 18.8 Å². The molecule has 0 bridgehead atoms. The Kier molecular flexibility index (Phi) is 9.82. The zero-order valence-corrected chi connectivity index (χ0v) is 20.9. The van der Waals surface area contributed by atoms with Crippen LogP contribution in [0.2, 0.25) is 5.32 Å². The van der Waals surface area contributed by atoms with E-state index >= 15 is 0 Å². The van der Waals surface area contributed by atoms with E-state index in [0.29, 0.717) is 18.7 Å². The van der Waals surface area contributed by atoms with E-state index in [1.807, 2.05) is 54.4 Å². The zero-order chi connectivity index (χ0) is 21.7. The van der Waals surface area contributed by atoms with Crippen LogP contribution in [0, 0.1) is 0 Å². The number of hydrogen-bond acceptors (Lipinski definition) is 3. The Morgan fingerprint density at radius 3 is 2.06 bits per heavy atom. The molecular formula is C26H25NO2Se2. The fourth-order valence-corrected chi connectivity index (χ4v) is 6.28. The fraction of sp³-hybridized carbons (Fsp3) is 0.154. The van der Waals surface area contributed by atoms with E-state index in [2.05, 4.69) is 48.5 Å². The van der Waals surface area contributed by atoms with Gasteiger partial charge >= 0.3 is 198 Å². The van der Waals surface area contributed by atoms with Gasteiger partial charge in [0.2, 0.25) is 0 Å². The van der Waals surface area contributed by atoms with Gasteiger partial charge in [0.05, 0.1) is 0 Å². The molecule has 0 aliphatic carbocycles. The molecule has 3 aromatic carbocycles. The van der Waals surface area contributed by atoms with Crippen LogP contribution in [0.4, 0.5) is 0 Å². The van der Waals surface area contributed by atoms with Gasteiger partial charge in [-0.3, -0.25) is 0 Å². The number of esters is 1. The number of hydrogen-bond donors (Lipinski definition) is 0. The summed E-state index contributed by atoms with van der Waals surface area (Å²) < 4.78 is 7.91. The van der Waals surface area contributed by atoms with E-state index in [-0.39, 0.29) is 35.9 Å². The second-order valence-corrected chi connectivity index (χ2v) is 10.7. The number of rotatable bonds is 10. The van der Waals surface area contributed by atoms with Gasteiger partial charge in [0.25, 0.3) is 0 Å². The van der Waals surface area contributed by atoms with Crippen molar-refractivity contribution < 1.29 is 9.53 Å². The van der Waals surface area contributed by atoms with Gasteiger partial charge in [-0.15, -0.1) is 0 Å². The molecule has 3 rings (SSSR count). The standard InChI is InChI=1S/C26H25NO2Se2/c1-2-29-26(28)24(19-30-22-14-8-4-9-15-22)25(20-31-23-16-10-5-11-17-23)27-18-21-12-6-3-7-13-21/h3-17,19H,2,18,20H2,1H3/b24-19+,27-25?. The molecule has 0 N–H and O–H groups in total. The number of ether oxygens (including phenoxy) is 1. The van der Waals surface area contributed by atoms with Crippen LogP contribution in [-0.4, -0.2) is 48.2 Å². The molecule has 31 heavy (non-hydrogen) atoms. The Bertz CT molecular complexity index is 1000. The minimum atomic E-state index is -0.282. The van der Waals surface area contributed by atoms with Crippen molar-refractivity contribution in [3.8, 4) is 0 Å². The summed E-state index contributed by atoms with van der Waals surface area (Å²) in [4.78, 5) is 19.8. The first-order chi connectivity index (χ1) is 15.3. The maximum absolute atomic E-state index is 12.9. The van der Waals surface area contributed by atoms with Crippen LogP contribution < -0.4 is 8.92 Å². The summed E-state index contributed by atoms with van der Waals surface area (Å²) in [6.45, 7) is 2.74. The van der Waals surface area contributed by atoms with Crippen molar-refractivity contribution in [2.75, 3.05) is 6.61 Å². The van der Waals surface area contributed by atoms with Crippen LogP contribution in [0.1, 0.15) is 12.5 Å². The van der Waals surface area contributed by atoms with Gasteiger partial charge in [0, 0.05) is 0 Å². The molecule has 0 fully saturated rings. The summed E-state index contributed by atoms with van der Waals surface area (Å²) in [5, 5.41) is 0.749. The first kappa shape index (κ1) is 23.2. The van der Waals surface area contributed by atoms with Crippen LogP contribution >= 0.6 is 0 Å². The third kappa shape index (κ3) is 7.97. The number of carbonyl (C=O) groups excluding carboxylic acids is 1. The van der Waals surface area contributed by atoms with E-state index in [9.17, 15) is 4.79 Å². The number of benzene rings is 3. The second kappa shape index (κ2) is 13.1. The van der Waals surface area contributed by atoms with E-state index < -0.39 is 0 Å². The van der Waals surface area contributed by atoms with Gasteiger partial charge in [-0.05, 0) is 0 Å². The Labute approximate surface area is 197 Å². The third-order valence-corrected chi connectivity index (χ3v) is 8.31. The molecule has 0 amide bonds. The van der Waals surface area contributed by atoms with E-state index in [4.69, 9.17) is 9.73 Å². The molecule has 0 aliphatic heterocycles. The summed E-state index contributed by atoms with van der Waals surface area (Å²) >= 11 is 0.207. The van der Waals surface area contributed by atoms with Gasteiger partial charge < -0.3 is 0 Å². The number of aliphatic imine (C=N–C) groups is 1. The van der Waals surface area contributed by atoms with E-state index in [1.54, 1.807) is 0 Å². The summed E-state index contributed by atoms with van der Waals surface area (Å²) in [5.74, 6) is -0.282. The molecule has 3 nitrogen and oxygen atoms in total. The van der Waals surface area contributed by atoms with Crippen molar-refractivity contribution in [1.82, 2.24) is 0 Å². The van der Waals surface area contributed by atoms with Gasteiger partial charge in [-0.25, -0.2) is 0 Å². The molecule has 0 atom stereocenters. The quantitative estimate of drug-likeness (QED) is 0.171. The topological polar surface area (TPSA) is 38.7 Å². The summed E-state index contributed by atoms with van der Waals surface area (Å²) in [6, 6.07) is 30.8. The van der Waals surface area contributed by atoms with Crippen molar-refractivity contribution in [3.05, 3.63) is 107 Å². The van der Waals surface area contributed by atoms with Crippen LogP contribution in [0.25, 0.3) is 0 Å². The van der Waals surface area contributed by atoms with Crippen LogP contribution in [-0.2, 0) is 16.1 Å². The fourth-order valence-electron chi connectivity index (χ4n) is 2.72. The van der Waals surface area contributed by atoms with E-state index in [1.165, 1.54) is 8.92 Å². The molecule has 158 valence electrons. The third-order valence-electron chi connectivity index (χ3n) is 4.28. The minimum absolute atomic E-state index is 0.0244. The first-order valence-electron chi connectivity index (χ1n) is 10.1. The summed E-state index contributed by atoms with van der Waals surface area (Å²) in [7, 11) is 0. The normalized spacial score (nSPS) is 11.9. The number of nitrogens with zero attached hydrogens (tertiary/aromatic N) is 1. The van der Waals surface area contributed by atoms with Crippen molar-refractivity contribution in [1.29, 1.82) is 0 Å². The van der Waals surface area contributed by atoms with Crippen LogP contribution in [0.15, 0.2) is 107 Å². The van der Waals surface area contributed by atoms with Gasteiger partial charge in [0.15, 0.2) is 0 Å². The van der Waals surface area contributed by atoms with Crippen LogP contribution in [0.5, 0.6) is 0 Å². The molecule has 0 aliphatic rings. The van der Waals surface area contributed by atoms with Crippen molar-refractivity contribution in [2.24, 2.45) is 4.99 Å². The molecular weight excluding hydrogens is 516 g/mol. The Morgan fingerprint density at radius 1 is 0.871 bits per heavy atom. The Balaban J connectivity index is 1.88.